The molecule has 0 aromatic heterocycles. The van der Waals surface area contributed by atoms with Crippen molar-refractivity contribution in [1.82, 2.24) is 10.6 Å². The lowest BCUT2D eigenvalue weighted by Crippen LogP contribution is -2.62. The van der Waals surface area contributed by atoms with Crippen LogP contribution in [0.2, 0.25) is 0 Å². The number of carboxylic acid groups (broad SMARTS) is 1. The highest BCUT2D eigenvalue weighted by molar-refractivity contribution is 7.80. The van der Waals surface area contributed by atoms with E-state index in [1.807, 2.05) is 6.92 Å². The van der Waals surface area contributed by atoms with E-state index in [2.05, 4.69) is 30.2 Å². The van der Waals surface area contributed by atoms with E-state index in [-0.39, 0.29) is 66.3 Å². The van der Waals surface area contributed by atoms with Gasteiger partial charge in [0.25, 0.3) is 0 Å². The highest BCUT2D eigenvalue weighted by Crippen LogP contribution is 2.67. The van der Waals surface area contributed by atoms with Crippen LogP contribution in [-0.4, -0.2) is 86.8 Å². The number of nitrogens with one attached hydrogen (secondary N) is 2. The SMILES string of the molecule is CC(C)[C@H](NC(=O)CCC(=O)OCC(=O)[C@@]1(O)CC[C@@H]2[C@@H]3CCC4=CC(=O)CC[C@]4(C)[C@@H]3[C@@H](O)C[C@@]21C)C(=O)N[C@@H](CS)C(=O)O. The number of aliphatic carboxylic acids is 1. The minimum Gasteiger partial charge on any atom is -0.480 e. The molecule has 0 aromatic rings. The van der Waals surface area contributed by atoms with Crippen molar-refractivity contribution in [3.63, 3.8) is 0 Å². The minimum atomic E-state index is -1.79. The molecule has 2 amide bonds. The number of esters is 1. The minimum absolute atomic E-state index is 0.0186. The number of carbonyl (C=O) groups is 6. The van der Waals surface area contributed by atoms with Gasteiger partial charge in [-0.3, -0.25) is 24.0 Å². The number of Topliss-reactive ketones (excluding diaryl/α,β-unsaturated/α-hetero) is 1. The van der Waals surface area contributed by atoms with Gasteiger partial charge in [-0.2, -0.15) is 12.6 Å². The third kappa shape index (κ3) is 6.64. The van der Waals surface area contributed by atoms with Crippen LogP contribution in [0.5, 0.6) is 0 Å². The number of fused-ring (bicyclic) bond motifs is 5. The summed E-state index contributed by atoms with van der Waals surface area (Å²) in [5.41, 5.74) is -1.91. The van der Waals surface area contributed by atoms with Gasteiger partial charge in [0, 0.05) is 24.0 Å². The fourth-order valence-corrected chi connectivity index (χ4v) is 9.18. The average molecular weight is 665 g/mol. The molecule has 0 aliphatic heterocycles. The van der Waals surface area contributed by atoms with Crippen LogP contribution in [0.4, 0.5) is 0 Å². The molecule has 9 atom stereocenters. The Balaban J connectivity index is 1.33. The Bertz CT molecular complexity index is 1300. The summed E-state index contributed by atoms with van der Waals surface area (Å²) >= 11 is 3.92. The van der Waals surface area contributed by atoms with Crippen molar-refractivity contribution in [3.8, 4) is 0 Å². The van der Waals surface area contributed by atoms with Gasteiger partial charge in [0.1, 0.15) is 17.7 Å². The fraction of sp³-hybridized carbons (Fsp3) is 0.758. The number of amides is 2. The molecule has 0 saturated heterocycles. The first-order valence-corrected chi connectivity index (χ1v) is 16.9. The van der Waals surface area contributed by atoms with E-state index in [0.717, 1.165) is 18.4 Å². The lowest BCUT2D eigenvalue weighted by Gasteiger charge is -2.60. The van der Waals surface area contributed by atoms with Gasteiger partial charge in [0.2, 0.25) is 17.6 Å². The van der Waals surface area contributed by atoms with Gasteiger partial charge in [0.05, 0.1) is 12.5 Å². The first-order chi connectivity index (χ1) is 21.5. The quantitative estimate of drug-likeness (QED) is 0.132. The third-order valence-electron chi connectivity index (χ3n) is 11.5. The summed E-state index contributed by atoms with van der Waals surface area (Å²) in [5, 5.41) is 37.4. The smallest absolute Gasteiger partial charge is 0.327 e. The van der Waals surface area contributed by atoms with Crippen LogP contribution in [-0.2, 0) is 33.5 Å². The van der Waals surface area contributed by atoms with Gasteiger partial charge < -0.3 is 30.7 Å². The molecule has 0 heterocycles. The van der Waals surface area contributed by atoms with E-state index < -0.39 is 65.3 Å². The second kappa shape index (κ2) is 13.8. The molecule has 46 heavy (non-hydrogen) atoms. The van der Waals surface area contributed by atoms with Crippen molar-refractivity contribution < 1.29 is 48.8 Å². The third-order valence-corrected chi connectivity index (χ3v) is 11.9. The van der Waals surface area contributed by atoms with Crippen LogP contribution in [0.3, 0.4) is 0 Å². The predicted molar refractivity (Wildman–Crippen MR) is 168 cm³/mol. The molecule has 4 rings (SSSR count). The molecule has 4 aliphatic carbocycles. The second-order valence-corrected chi connectivity index (χ2v) is 14.8. The number of allylic oxidation sites excluding steroid dienone is 1. The molecule has 12 nitrogen and oxygen atoms in total. The maximum absolute atomic E-state index is 13.5. The molecule has 3 saturated carbocycles. The maximum Gasteiger partial charge on any atom is 0.327 e. The van der Waals surface area contributed by atoms with Crippen molar-refractivity contribution in [2.75, 3.05) is 12.4 Å². The Labute approximate surface area is 274 Å². The summed E-state index contributed by atoms with van der Waals surface area (Å²) in [6.07, 6.45) is 3.94. The van der Waals surface area contributed by atoms with E-state index in [1.54, 1.807) is 19.9 Å². The summed E-state index contributed by atoms with van der Waals surface area (Å²) in [6.45, 7) is 6.66. The highest BCUT2D eigenvalue weighted by Gasteiger charge is 2.68. The summed E-state index contributed by atoms with van der Waals surface area (Å²) in [6, 6.07) is -2.27. The van der Waals surface area contributed by atoms with Crippen LogP contribution in [0, 0.1) is 34.5 Å². The second-order valence-electron chi connectivity index (χ2n) is 14.4. The lowest BCUT2D eigenvalue weighted by molar-refractivity contribution is -0.184. The van der Waals surface area contributed by atoms with Crippen molar-refractivity contribution >= 4 is 47.9 Å². The standard InChI is InChI=1S/C33H48N2O10S/c1-17(2)28(29(41)34-22(16-46)30(42)43)35-25(39)7-8-26(40)45-15-24(38)33(44)12-10-21-20-6-5-18-13-19(36)9-11-31(18,3)27(20)23(37)14-32(21,33)4/h13,17,20-23,27-28,37,44,46H,5-12,14-16H2,1-4H3,(H,34,41)(H,35,39)(H,42,43)/t20-,21+,22-,23-,27-,28-,31-,32-,33-/m0/s1. The van der Waals surface area contributed by atoms with E-state index in [9.17, 15) is 39.0 Å². The van der Waals surface area contributed by atoms with Gasteiger partial charge in [-0.25, -0.2) is 4.79 Å². The maximum atomic E-state index is 13.5. The van der Waals surface area contributed by atoms with Gasteiger partial charge in [-0.1, -0.05) is 33.3 Å². The largest absolute Gasteiger partial charge is 0.480 e. The van der Waals surface area contributed by atoms with Crippen LogP contribution in [0.25, 0.3) is 0 Å². The zero-order chi connectivity index (χ0) is 34.2. The summed E-state index contributed by atoms with van der Waals surface area (Å²) in [7, 11) is 0. The van der Waals surface area contributed by atoms with E-state index in [4.69, 9.17) is 9.84 Å². The molecular weight excluding hydrogens is 616 g/mol. The molecule has 4 aliphatic rings. The molecule has 256 valence electrons. The van der Waals surface area contributed by atoms with Gasteiger partial charge in [-0.05, 0) is 73.7 Å². The Morgan fingerprint density at radius 2 is 1.76 bits per heavy atom. The van der Waals surface area contributed by atoms with E-state index >= 15 is 0 Å². The molecule has 5 N–H and O–H groups in total. The number of carboxylic acids is 1. The zero-order valence-electron chi connectivity index (χ0n) is 27.0. The van der Waals surface area contributed by atoms with Crippen LogP contribution < -0.4 is 10.6 Å². The number of ketones is 2. The fourth-order valence-electron chi connectivity index (χ4n) is 8.93. The van der Waals surface area contributed by atoms with E-state index in [0.29, 0.717) is 19.3 Å². The Hall–Kier alpha value is -2.77. The molecule has 0 bridgehead atoms. The summed E-state index contributed by atoms with van der Waals surface area (Å²) in [5.74, 6) is -4.45. The van der Waals surface area contributed by atoms with Gasteiger partial charge in [0.15, 0.2) is 12.4 Å². The highest BCUT2D eigenvalue weighted by atomic mass is 32.1. The molecule has 0 unspecified atom stereocenters. The molecule has 0 spiro atoms. The zero-order valence-corrected chi connectivity index (χ0v) is 27.9. The van der Waals surface area contributed by atoms with Gasteiger partial charge in [-0.15, -0.1) is 0 Å². The Morgan fingerprint density at radius 3 is 2.39 bits per heavy atom. The number of carbonyl (C=O) groups excluding carboxylic acids is 5. The molecule has 0 radical (unpaired) electrons. The molecule has 13 heteroatoms. The topological polar surface area (TPSA) is 196 Å². The average Bonchev–Trinajstić information content (AvgIpc) is 3.26. The Morgan fingerprint density at radius 1 is 1.07 bits per heavy atom. The number of aliphatic hydroxyl groups excluding tert-OH is 1. The molecular formula is C33H48N2O10S. The van der Waals surface area contributed by atoms with E-state index in [1.165, 1.54) is 0 Å². The first kappa shape index (κ1) is 36.1. The summed E-state index contributed by atoms with van der Waals surface area (Å²) in [4.78, 5) is 74.5. The predicted octanol–water partition coefficient (Wildman–Crippen LogP) is 1.75. The number of aliphatic hydroxyl groups is 2. The molecule has 0 aromatic carbocycles. The van der Waals surface area contributed by atoms with Gasteiger partial charge >= 0.3 is 11.9 Å². The van der Waals surface area contributed by atoms with Crippen LogP contribution in [0.1, 0.15) is 85.5 Å². The number of ether oxygens (including phenoxy) is 1. The number of thiol groups is 1. The normalized spacial score (nSPS) is 34.7. The van der Waals surface area contributed by atoms with Crippen molar-refractivity contribution in [2.45, 2.75) is 109 Å². The van der Waals surface area contributed by atoms with Crippen molar-refractivity contribution in [2.24, 2.45) is 34.5 Å². The number of hydrogen-bond donors (Lipinski definition) is 6. The van der Waals surface area contributed by atoms with Crippen molar-refractivity contribution in [3.05, 3.63) is 11.6 Å². The number of rotatable bonds is 12. The van der Waals surface area contributed by atoms with Crippen molar-refractivity contribution in [1.29, 1.82) is 0 Å². The summed E-state index contributed by atoms with van der Waals surface area (Å²) < 4.78 is 5.20. The van der Waals surface area contributed by atoms with Crippen LogP contribution >= 0.6 is 12.6 Å². The first-order valence-electron chi connectivity index (χ1n) is 16.2. The lowest BCUT2D eigenvalue weighted by atomic mass is 9.45. The number of hydrogen-bond acceptors (Lipinski definition) is 10. The van der Waals surface area contributed by atoms with Crippen LogP contribution in [0.15, 0.2) is 11.6 Å². The Kier molecular flexibility index (Phi) is 10.8. The monoisotopic (exact) mass is 664 g/mol. The molecule has 3 fully saturated rings.